The molecule has 0 atom stereocenters. The molecule has 0 saturated carbocycles. The van der Waals surface area contributed by atoms with Crippen LogP contribution >= 0.6 is 0 Å². The lowest BCUT2D eigenvalue weighted by Gasteiger charge is -2.21. The molecular formula is C9H15N2O+. The van der Waals surface area contributed by atoms with Crippen molar-refractivity contribution in [3.63, 3.8) is 0 Å². The minimum absolute atomic E-state index is 0.706. The Hall–Kier alpha value is -1.09. The highest BCUT2D eigenvalue weighted by molar-refractivity contribution is 5.38. The Morgan fingerprint density at radius 3 is 2.50 bits per heavy atom. The first-order valence-electron chi connectivity index (χ1n) is 3.86. The zero-order valence-electron chi connectivity index (χ0n) is 8.03. The lowest BCUT2D eigenvalue weighted by Crippen LogP contribution is -2.35. The molecule has 0 aromatic carbocycles. The normalized spacial score (nSPS) is 11.3. The molecule has 1 heterocycles. The molecule has 1 rings (SSSR count). The largest absolute Gasteiger partial charge is 0.496 e. The van der Waals surface area contributed by atoms with Gasteiger partial charge >= 0.3 is 0 Å². The summed E-state index contributed by atoms with van der Waals surface area (Å²) in [5.74, 6) is 1.85. The molecule has 66 valence electrons. The van der Waals surface area contributed by atoms with Gasteiger partial charge in [-0.05, 0) is 6.07 Å². The molecule has 1 aromatic rings. The number of methoxy groups -OCH3 is 1. The molecule has 0 saturated heterocycles. The summed E-state index contributed by atoms with van der Waals surface area (Å²) in [6.45, 7) is 0. The Morgan fingerprint density at radius 1 is 1.33 bits per heavy atom. The van der Waals surface area contributed by atoms with Gasteiger partial charge in [-0.2, -0.15) is 0 Å². The van der Waals surface area contributed by atoms with E-state index < -0.39 is 0 Å². The van der Waals surface area contributed by atoms with Gasteiger partial charge in [-0.3, -0.25) is 4.48 Å². The molecule has 0 aliphatic carbocycles. The first kappa shape index (κ1) is 9.00. The van der Waals surface area contributed by atoms with Crippen molar-refractivity contribution in [1.82, 2.24) is 9.47 Å². The first-order chi connectivity index (χ1) is 5.54. The summed E-state index contributed by atoms with van der Waals surface area (Å²) >= 11 is 0. The van der Waals surface area contributed by atoms with E-state index in [1.165, 1.54) is 0 Å². The average Bonchev–Trinajstić information content (AvgIpc) is 2.03. The maximum absolute atomic E-state index is 5.10. The van der Waals surface area contributed by atoms with Gasteiger partial charge in [-0.15, -0.1) is 0 Å². The van der Waals surface area contributed by atoms with Gasteiger partial charge in [0.25, 0.3) is 0 Å². The molecule has 0 aliphatic rings. The van der Waals surface area contributed by atoms with Crippen LogP contribution in [-0.4, -0.2) is 33.2 Å². The zero-order valence-corrected chi connectivity index (χ0v) is 8.03. The third kappa shape index (κ3) is 1.95. The molecule has 0 bridgehead atoms. The predicted molar refractivity (Wildman–Crippen MR) is 50.4 cm³/mol. The average molecular weight is 167 g/mol. The molecule has 3 heteroatoms. The van der Waals surface area contributed by atoms with Crippen molar-refractivity contribution in [2.24, 2.45) is 0 Å². The Balaban J connectivity index is 3.02. The summed E-state index contributed by atoms with van der Waals surface area (Å²) in [6, 6.07) is 3.79. The van der Waals surface area contributed by atoms with E-state index in [0.717, 1.165) is 11.6 Å². The first-order valence-corrected chi connectivity index (χ1v) is 3.86. The molecule has 0 N–H and O–H groups in total. The molecule has 1 aromatic heterocycles. The van der Waals surface area contributed by atoms with Crippen LogP contribution in [0.1, 0.15) is 0 Å². The van der Waals surface area contributed by atoms with Gasteiger partial charge in [0.15, 0.2) is 0 Å². The molecule has 0 unspecified atom stereocenters. The fourth-order valence-corrected chi connectivity index (χ4v) is 0.894. The number of quaternary nitrogens is 1. The standard InChI is InChI=1S/C9H15N2O/c1-11(2,3)9-7-8(12-4)5-6-10-9/h5-7H,1-4H3/q+1. The number of ether oxygens (including phenoxy) is 1. The van der Waals surface area contributed by atoms with Crippen LogP contribution in [0.25, 0.3) is 0 Å². The second-order valence-electron chi connectivity index (χ2n) is 3.57. The minimum atomic E-state index is 0.706. The van der Waals surface area contributed by atoms with Gasteiger partial charge in [-0.25, -0.2) is 4.98 Å². The molecule has 3 nitrogen and oxygen atoms in total. The van der Waals surface area contributed by atoms with Gasteiger partial charge in [0.2, 0.25) is 5.82 Å². The van der Waals surface area contributed by atoms with E-state index in [1.807, 2.05) is 12.1 Å². The Bertz CT molecular complexity index is 265. The van der Waals surface area contributed by atoms with E-state index in [9.17, 15) is 0 Å². The van der Waals surface area contributed by atoms with Crippen LogP contribution in [0.2, 0.25) is 0 Å². The van der Waals surface area contributed by atoms with E-state index in [-0.39, 0.29) is 0 Å². The molecule has 0 spiro atoms. The second kappa shape index (κ2) is 3.11. The van der Waals surface area contributed by atoms with Crippen molar-refractivity contribution in [1.29, 1.82) is 0 Å². The van der Waals surface area contributed by atoms with Crippen molar-refractivity contribution >= 4 is 5.82 Å². The molecule has 0 aliphatic heterocycles. The third-order valence-electron chi connectivity index (χ3n) is 1.64. The number of nitrogens with zero attached hydrogens (tertiary/aromatic N) is 2. The highest BCUT2D eigenvalue weighted by atomic mass is 16.5. The summed E-state index contributed by atoms with van der Waals surface area (Å²) in [4.78, 5) is 4.25. The lowest BCUT2D eigenvalue weighted by molar-refractivity contribution is 0.409. The van der Waals surface area contributed by atoms with Crippen LogP contribution in [-0.2, 0) is 0 Å². The Kier molecular flexibility index (Phi) is 2.33. The van der Waals surface area contributed by atoms with Gasteiger partial charge in [0.1, 0.15) is 5.75 Å². The fraction of sp³-hybridized carbons (Fsp3) is 0.444. The number of rotatable bonds is 2. The summed E-state index contributed by atoms with van der Waals surface area (Å²) in [7, 11) is 7.88. The van der Waals surface area contributed by atoms with E-state index in [1.54, 1.807) is 13.3 Å². The molecule has 0 fully saturated rings. The number of hydrogen-bond donors (Lipinski definition) is 0. The third-order valence-corrected chi connectivity index (χ3v) is 1.64. The summed E-state index contributed by atoms with van der Waals surface area (Å²) in [5.41, 5.74) is 0. The molecule has 0 amide bonds. The number of pyridine rings is 1. The highest BCUT2D eigenvalue weighted by Crippen LogP contribution is 2.18. The van der Waals surface area contributed by atoms with Gasteiger partial charge in [0, 0.05) is 6.20 Å². The van der Waals surface area contributed by atoms with Crippen molar-refractivity contribution < 1.29 is 4.74 Å². The minimum Gasteiger partial charge on any atom is -0.496 e. The molecule has 0 radical (unpaired) electrons. The monoisotopic (exact) mass is 167 g/mol. The van der Waals surface area contributed by atoms with E-state index in [0.29, 0.717) is 4.48 Å². The van der Waals surface area contributed by atoms with Crippen molar-refractivity contribution in [2.75, 3.05) is 28.3 Å². The predicted octanol–water partition coefficient (Wildman–Crippen LogP) is 1.29. The second-order valence-corrected chi connectivity index (χ2v) is 3.57. The number of aromatic nitrogens is 1. The fourth-order valence-electron chi connectivity index (χ4n) is 0.894. The summed E-state index contributed by atoms with van der Waals surface area (Å²) in [5, 5.41) is 0. The van der Waals surface area contributed by atoms with Crippen LogP contribution in [0, 0.1) is 0 Å². The summed E-state index contributed by atoms with van der Waals surface area (Å²) in [6.07, 6.45) is 1.76. The van der Waals surface area contributed by atoms with Crippen LogP contribution < -0.4 is 9.22 Å². The van der Waals surface area contributed by atoms with Gasteiger partial charge in [0.05, 0.1) is 34.3 Å². The maximum atomic E-state index is 5.10. The topological polar surface area (TPSA) is 22.1 Å². The van der Waals surface area contributed by atoms with Crippen LogP contribution in [0.3, 0.4) is 0 Å². The van der Waals surface area contributed by atoms with Gasteiger partial charge < -0.3 is 4.74 Å². The molecule has 12 heavy (non-hydrogen) atoms. The Labute approximate surface area is 73.2 Å². The quantitative estimate of drug-likeness (QED) is 0.619. The number of hydrogen-bond acceptors (Lipinski definition) is 2. The Morgan fingerprint density at radius 2 is 2.00 bits per heavy atom. The van der Waals surface area contributed by atoms with Crippen LogP contribution in [0.4, 0.5) is 5.82 Å². The smallest absolute Gasteiger partial charge is 0.230 e. The van der Waals surface area contributed by atoms with E-state index >= 15 is 0 Å². The van der Waals surface area contributed by atoms with Crippen molar-refractivity contribution in [3.8, 4) is 5.75 Å². The van der Waals surface area contributed by atoms with Crippen molar-refractivity contribution in [2.45, 2.75) is 0 Å². The van der Waals surface area contributed by atoms with E-state index in [2.05, 4.69) is 26.1 Å². The lowest BCUT2D eigenvalue weighted by atomic mass is 10.4. The van der Waals surface area contributed by atoms with Crippen LogP contribution in [0.5, 0.6) is 5.75 Å². The van der Waals surface area contributed by atoms with Crippen molar-refractivity contribution in [3.05, 3.63) is 18.3 Å². The summed E-state index contributed by atoms with van der Waals surface area (Å²) < 4.78 is 5.81. The maximum Gasteiger partial charge on any atom is 0.230 e. The molecular weight excluding hydrogens is 152 g/mol. The zero-order chi connectivity index (χ0) is 9.19. The van der Waals surface area contributed by atoms with Gasteiger partial charge in [-0.1, -0.05) is 0 Å². The highest BCUT2D eigenvalue weighted by Gasteiger charge is 2.13. The van der Waals surface area contributed by atoms with E-state index in [4.69, 9.17) is 4.74 Å². The van der Waals surface area contributed by atoms with Crippen LogP contribution in [0.15, 0.2) is 18.3 Å². The SMILES string of the molecule is COc1ccnc([N+](C)(C)C)c1.